The molecule has 1 N–H and O–H groups in total. The maximum Gasteiger partial charge on any atom is 0.157 e. The quantitative estimate of drug-likeness (QED) is 0.669. The van der Waals surface area contributed by atoms with Crippen LogP contribution in [0, 0.1) is 5.82 Å². The number of aromatic nitrogens is 3. The third-order valence-electron chi connectivity index (χ3n) is 3.60. The molecule has 0 aliphatic carbocycles. The van der Waals surface area contributed by atoms with E-state index >= 15 is 0 Å². The Morgan fingerprint density at radius 2 is 2.17 bits per heavy atom. The number of fused-ring (bicyclic) bond motifs is 1. The van der Waals surface area contributed by atoms with Crippen LogP contribution in [0.15, 0.2) is 42.7 Å². The fourth-order valence-corrected chi connectivity index (χ4v) is 2.42. The van der Waals surface area contributed by atoms with Crippen LogP contribution in [0.5, 0.6) is 5.75 Å². The molecule has 0 spiro atoms. The van der Waals surface area contributed by atoms with Crippen molar-refractivity contribution in [2.75, 3.05) is 18.6 Å². The monoisotopic (exact) mass is 332 g/mol. The highest BCUT2D eigenvalue weighted by molar-refractivity contribution is 5.48. The van der Waals surface area contributed by atoms with Crippen LogP contribution < -0.4 is 10.1 Å². The Hall–Kier alpha value is -2.70. The molecule has 1 aromatic carbocycles. The standard InChI is InChI=1S/C17H18F2N4O/c1-12(21-16-6-9-23-17(22-16)5-8-20-23)14-11-13(19)3-4-15(14)24-10-2-7-18/h3-6,8-9,11-12H,2,7,10H2,1H3,(H,21,22). The minimum Gasteiger partial charge on any atom is -0.493 e. The van der Waals surface area contributed by atoms with Gasteiger partial charge in [0.1, 0.15) is 17.4 Å². The molecule has 5 nitrogen and oxygen atoms in total. The molecule has 0 fully saturated rings. The molecule has 3 aromatic rings. The van der Waals surface area contributed by atoms with Crippen molar-refractivity contribution in [3.8, 4) is 5.75 Å². The molecule has 0 aliphatic rings. The molecule has 0 radical (unpaired) electrons. The Bertz CT molecular complexity index is 821. The molecular weight excluding hydrogens is 314 g/mol. The van der Waals surface area contributed by atoms with Gasteiger partial charge in [-0.3, -0.25) is 4.39 Å². The largest absolute Gasteiger partial charge is 0.493 e. The molecule has 1 unspecified atom stereocenters. The van der Waals surface area contributed by atoms with E-state index in [-0.39, 0.29) is 18.5 Å². The van der Waals surface area contributed by atoms with Gasteiger partial charge in [0.25, 0.3) is 0 Å². The van der Waals surface area contributed by atoms with Crippen molar-refractivity contribution < 1.29 is 13.5 Å². The number of rotatable bonds is 7. The first-order chi connectivity index (χ1) is 11.7. The van der Waals surface area contributed by atoms with Crippen LogP contribution in [-0.2, 0) is 0 Å². The van der Waals surface area contributed by atoms with E-state index in [1.54, 1.807) is 35.1 Å². The van der Waals surface area contributed by atoms with Gasteiger partial charge in [-0.25, -0.2) is 13.9 Å². The van der Waals surface area contributed by atoms with Crippen molar-refractivity contribution in [1.29, 1.82) is 0 Å². The third-order valence-corrected chi connectivity index (χ3v) is 3.60. The fraction of sp³-hybridized carbons (Fsp3) is 0.294. The molecule has 1 atom stereocenters. The van der Waals surface area contributed by atoms with Crippen LogP contribution in [0.3, 0.4) is 0 Å². The van der Waals surface area contributed by atoms with E-state index in [2.05, 4.69) is 15.4 Å². The molecule has 3 rings (SSSR count). The van der Waals surface area contributed by atoms with Crippen LogP contribution in [0.2, 0.25) is 0 Å². The van der Waals surface area contributed by atoms with Crippen molar-refractivity contribution >= 4 is 11.5 Å². The van der Waals surface area contributed by atoms with Gasteiger partial charge in [-0.2, -0.15) is 5.10 Å². The Labute approximate surface area is 138 Å². The van der Waals surface area contributed by atoms with Gasteiger partial charge in [-0.1, -0.05) is 0 Å². The zero-order valence-corrected chi connectivity index (χ0v) is 13.2. The SMILES string of the molecule is CC(Nc1ccn2nccc2n1)c1cc(F)ccc1OCCCF. The van der Waals surface area contributed by atoms with Crippen LogP contribution in [-0.4, -0.2) is 27.9 Å². The first-order valence-corrected chi connectivity index (χ1v) is 7.72. The number of hydrogen-bond acceptors (Lipinski definition) is 4. The summed E-state index contributed by atoms with van der Waals surface area (Å²) in [6.07, 6.45) is 3.76. The summed E-state index contributed by atoms with van der Waals surface area (Å²) in [6.45, 7) is 1.69. The first-order valence-electron chi connectivity index (χ1n) is 7.72. The number of ether oxygens (including phenoxy) is 1. The van der Waals surface area contributed by atoms with E-state index in [1.165, 1.54) is 12.1 Å². The summed E-state index contributed by atoms with van der Waals surface area (Å²) in [7, 11) is 0. The van der Waals surface area contributed by atoms with Crippen molar-refractivity contribution in [3.05, 3.63) is 54.1 Å². The summed E-state index contributed by atoms with van der Waals surface area (Å²) >= 11 is 0. The normalized spacial score (nSPS) is 12.3. The lowest BCUT2D eigenvalue weighted by Gasteiger charge is -2.19. The maximum atomic E-state index is 13.6. The van der Waals surface area contributed by atoms with Gasteiger partial charge in [0.15, 0.2) is 5.65 Å². The highest BCUT2D eigenvalue weighted by Crippen LogP contribution is 2.28. The molecule has 0 saturated heterocycles. The number of hydrogen-bond donors (Lipinski definition) is 1. The van der Waals surface area contributed by atoms with E-state index in [0.29, 0.717) is 29.2 Å². The van der Waals surface area contributed by atoms with E-state index in [4.69, 9.17) is 4.74 Å². The second-order valence-electron chi connectivity index (χ2n) is 5.39. The summed E-state index contributed by atoms with van der Waals surface area (Å²) in [6, 6.07) is 7.66. The Morgan fingerprint density at radius 3 is 3.00 bits per heavy atom. The second kappa shape index (κ2) is 7.25. The number of anilines is 1. The summed E-state index contributed by atoms with van der Waals surface area (Å²) in [5.74, 6) is 0.834. The molecule has 0 bridgehead atoms. The van der Waals surface area contributed by atoms with E-state index in [0.717, 1.165) is 0 Å². The van der Waals surface area contributed by atoms with Crippen molar-refractivity contribution in [3.63, 3.8) is 0 Å². The van der Waals surface area contributed by atoms with Crippen LogP contribution in [0.4, 0.5) is 14.6 Å². The topological polar surface area (TPSA) is 51.5 Å². The molecule has 0 amide bonds. The van der Waals surface area contributed by atoms with Gasteiger partial charge in [-0.05, 0) is 31.2 Å². The van der Waals surface area contributed by atoms with Crippen molar-refractivity contribution in [2.45, 2.75) is 19.4 Å². The lowest BCUT2D eigenvalue weighted by molar-refractivity contribution is 0.286. The Balaban J connectivity index is 1.79. The fourth-order valence-electron chi connectivity index (χ4n) is 2.42. The van der Waals surface area contributed by atoms with Gasteiger partial charge in [0.05, 0.1) is 25.5 Å². The number of alkyl halides is 1. The Morgan fingerprint density at radius 1 is 1.29 bits per heavy atom. The second-order valence-corrected chi connectivity index (χ2v) is 5.39. The van der Waals surface area contributed by atoms with Gasteiger partial charge in [-0.15, -0.1) is 0 Å². The van der Waals surface area contributed by atoms with Gasteiger partial charge in [0, 0.05) is 24.2 Å². The zero-order valence-electron chi connectivity index (χ0n) is 13.2. The maximum absolute atomic E-state index is 13.6. The molecular formula is C17H18F2N4O. The number of nitrogens with one attached hydrogen (secondary N) is 1. The molecule has 0 saturated carbocycles. The number of nitrogens with zero attached hydrogens (tertiary/aromatic N) is 3. The number of halogens is 2. The average Bonchev–Trinajstić information content (AvgIpc) is 3.04. The predicted octanol–water partition coefficient (Wildman–Crippen LogP) is 3.78. The minimum atomic E-state index is -0.445. The van der Waals surface area contributed by atoms with Crippen molar-refractivity contribution in [2.24, 2.45) is 0 Å². The highest BCUT2D eigenvalue weighted by atomic mass is 19.1. The van der Waals surface area contributed by atoms with E-state index < -0.39 is 6.67 Å². The van der Waals surface area contributed by atoms with Crippen LogP contribution in [0.25, 0.3) is 5.65 Å². The van der Waals surface area contributed by atoms with Crippen LogP contribution in [0.1, 0.15) is 24.9 Å². The lowest BCUT2D eigenvalue weighted by atomic mass is 10.1. The highest BCUT2D eigenvalue weighted by Gasteiger charge is 2.14. The van der Waals surface area contributed by atoms with Gasteiger partial charge in [0.2, 0.25) is 0 Å². The van der Waals surface area contributed by atoms with Crippen molar-refractivity contribution in [1.82, 2.24) is 14.6 Å². The summed E-state index contributed by atoms with van der Waals surface area (Å²) in [4.78, 5) is 4.43. The van der Waals surface area contributed by atoms with E-state index in [9.17, 15) is 8.78 Å². The Kier molecular flexibility index (Phi) is 4.88. The minimum absolute atomic E-state index is 0.237. The number of benzene rings is 1. The predicted molar refractivity (Wildman–Crippen MR) is 87.5 cm³/mol. The summed E-state index contributed by atoms with van der Waals surface area (Å²) < 4.78 is 33.1. The van der Waals surface area contributed by atoms with Gasteiger partial charge >= 0.3 is 0 Å². The van der Waals surface area contributed by atoms with Gasteiger partial charge < -0.3 is 10.1 Å². The lowest BCUT2D eigenvalue weighted by Crippen LogP contribution is -2.11. The van der Waals surface area contributed by atoms with E-state index in [1.807, 2.05) is 6.92 Å². The zero-order chi connectivity index (χ0) is 16.9. The molecule has 2 heterocycles. The third kappa shape index (κ3) is 3.61. The summed E-state index contributed by atoms with van der Waals surface area (Å²) in [5, 5.41) is 7.32. The molecule has 126 valence electrons. The molecule has 7 heteroatoms. The first kappa shape index (κ1) is 16.2. The molecule has 24 heavy (non-hydrogen) atoms. The molecule has 2 aromatic heterocycles. The summed E-state index contributed by atoms with van der Waals surface area (Å²) in [5.41, 5.74) is 1.37. The smallest absolute Gasteiger partial charge is 0.157 e. The van der Waals surface area contributed by atoms with Crippen LogP contribution >= 0.6 is 0 Å². The molecule has 0 aliphatic heterocycles. The average molecular weight is 332 g/mol.